The van der Waals surface area contributed by atoms with Crippen molar-refractivity contribution in [2.45, 2.75) is 13.3 Å². The van der Waals surface area contributed by atoms with Crippen LogP contribution in [0.15, 0.2) is 48.7 Å². The molecule has 1 aliphatic rings. The summed E-state index contributed by atoms with van der Waals surface area (Å²) in [6, 6.07) is 13.8. The van der Waals surface area contributed by atoms with Gasteiger partial charge in [-0.1, -0.05) is 19.1 Å². The van der Waals surface area contributed by atoms with E-state index in [4.69, 9.17) is 0 Å². The molecule has 7 nitrogen and oxygen atoms in total. The van der Waals surface area contributed by atoms with Crippen molar-refractivity contribution in [2.24, 2.45) is 13.0 Å². The van der Waals surface area contributed by atoms with Crippen LogP contribution in [0, 0.1) is 5.92 Å². The van der Waals surface area contributed by atoms with Crippen molar-refractivity contribution in [2.75, 3.05) is 23.3 Å². The number of rotatable bonds is 5. The third-order valence-corrected chi connectivity index (χ3v) is 4.88. The van der Waals surface area contributed by atoms with Gasteiger partial charge in [0.2, 0.25) is 5.91 Å². The van der Waals surface area contributed by atoms with Crippen LogP contribution in [0.2, 0.25) is 0 Å². The molecule has 4 rings (SSSR count). The van der Waals surface area contributed by atoms with E-state index in [9.17, 15) is 4.79 Å². The summed E-state index contributed by atoms with van der Waals surface area (Å²) in [7, 11) is 1.95. The van der Waals surface area contributed by atoms with Gasteiger partial charge in [0.25, 0.3) is 0 Å². The van der Waals surface area contributed by atoms with E-state index in [1.165, 1.54) is 0 Å². The lowest BCUT2D eigenvalue weighted by Gasteiger charge is -2.38. The number of hydrogen-bond acceptors (Lipinski definition) is 5. The summed E-state index contributed by atoms with van der Waals surface area (Å²) < 4.78 is 1.89. The van der Waals surface area contributed by atoms with E-state index >= 15 is 0 Å². The first-order valence-corrected chi connectivity index (χ1v) is 9.11. The molecule has 3 aromatic rings. The van der Waals surface area contributed by atoms with Crippen LogP contribution in [-0.4, -0.2) is 39.0 Å². The second-order valence-electron chi connectivity index (χ2n) is 6.75. The van der Waals surface area contributed by atoms with Crippen LogP contribution in [0.4, 0.5) is 11.5 Å². The normalized spacial score (nSPS) is 14.1. The number of benzene rings is 1. The van der Waals surface area contributed by atoms with Gasteiger partial charge in [-0.15, -0.1) is 5.10 Å². The SMILES string of the molecule is CCc1cc(-c2ccc(NC(=O)C3CN(c4cccnn4)C3)cc2)n(C)n1. The molecule has 0 saturated carbocycles. The van der Waals surface area contributed by atoms with Crippen molar-refractivity contribution < 1.29 is 4.79 Å². The first kappa shape index (κ1) is 17.2. The molecular weight excluding hydrogens is 340 g/mol. The highest BCUT2D eigenvalue weighted by atomic mass is 16.2. The monoisotopic (exact) mass is 362 g/mol. The van der Waals surface area contributed by atoms with Crippen molar-refractivity contribution in [3.63, 3.8) is 0 Å². The Morgan fingerprint density at radius 3 is 2.63 bits per heavy atom. The third kappa shape index (κ3) is 3.53. The number of hydrogen-bond donors (Lipinski definition) is 1. The van der Waals surface area contributed by atoms with Crippen LogP contribution in [0.3, 0.4) is 0 Å². The number of aryl methyl sites for hydroxylation is 2. The predicted octanol–water partition coefficient (Wildman–Crippen LogP) is 2.51. The molecule has 3 heterocycles. The molecule has 0 spiro atoms. The fraction of sp³-hybridized carbons (Fsp3) is 0.300. The largest absolute Gasteiger partial charge is 0.353 e. The number of amides is 1. The molecule has 1 aliphatic heterocycles. The summed E-state index contributed by atoms with van der Waals surface area (Å²) >= 11 is 0. The van der Waals surface area contributed by atoms with E-state index in [0.717, 1.165) is 34.9 Å². The Labute approximate surface area is 158 Å². The maximum Gasteiger partial charge on any atom is 0.231 e. The molecule has 1 saturated heterocycles. The maximum atomic E-state index is 12.4. The summed E-state index contributed by atoms with van der Waals surface area (Å²) in [5.41, 5.74) is 4.03. The molecule has 0 aliphatic carbocycles. The first-order chi connectivity index (χ1) is 13.1. The maximum absolute atomic E-state index is 12.4. The number of nitrogens with one attached hydrogen (secondary N) is 1. The van der Waals surface area contributed by atoms with Gasteiger partial charge in [0, 0.05) is 32.0 Å². The van der Waals surface area contributed by atoms with Gasteiger partial charge in [0.15, 0.2) is 5.82 Å². The minimum Gasteiger partial charge on any atom is -0.353 e. The Bertz CT molecular complexity index is 929. The van der Waals surface area contributed by atoms with Gasteiger partial charge in [-0.2, -0.15) is 10.2 Å². The zero-order valence-corrected chi connectivity index (χ0v) is 15.5. The number of carbonyl (C=O) groups is 1. The van der Waals surface area contributed by atoms with Crippen LogP contribution in [0.25, 0.3) is 11.3 Å². The molecule has 1 aromatic carbocycles. The zero-order chi connectivity index (χ0) is 18.8. The van der Waals surface area contributed by atoms with Crippen molar-refractivity contribution >= 4 is 17.4 Å². The minimum atomic E-state index is -0.0316. The average Bonchev–Trinajstić information content (AvgIpc) is 3.03. The van der Waals surface area contributed by atoms with Gasteiger partial charge in [-0.05, 0) is 42.3 Å². The molecule has 0 bridgehead atoms. The molecule has 0 unspecified atom stereocenters. The average molecular weight is 362 g/mol. The smallest absolute Gasteiger partial charge is 0.231 e. The van der Waals surface area contributed by atoms with Crippen LogP contribution in [0.1, 0.15) is 12.6 Å². The fourth-order valence-electron chi connectivity index (χ4n) is 3.23. The number of nitrogens with zero attached hydrogens (tertiary/aromatic N) is 5. The summed E-state index contributed by atoms with van der Waals surface area (Å²) in [5, 5.41) is 15.4. The van der Waals surface area contributed by atoms with Gasteiger partial charge in [-0.3, -0.25) is 9.48 Å². The lowest BCUT2D eigenvalue weighted by molar-refractivity contribution is -0.120. The van der Waals surface area contributed by atoms with E-state index in [0.29, 0.717) is 13.1 Å². The highest BCUT2D eigenvalue weighted by Gasteiger charge is 2.33. The molecule has 27 heavy (non-hydrogen) atoms. The molecule has 0 atom stereocenters. The lowest BCUT2D eigenvalue weighted by atomic mass is 9.99. The van der Waals surface area contributed by atoms with Crippen LogP contribution >= 0.6 is 0 Å². The standard InChI is InChI=1S/C20H22N6O/c1-3-16-11-18(25(2)24-16)14-6-8-17(9-7-14)22-20(27)15-12-26(13-15)19-5-4-10-21-23-19/h4-11,15H,3,12-13H2,1-2H3,(H,22,27). The van der Waals surface area contributed by atoms with Crippen molar-refractivity contribution in [1.82, 2.24) is 20.0 Å². The molecule has 7 heteroatoms. The van der Waals surface area contributed by atoms with Crippen LogP contribution in [0.5, 0.6) is 0 Å². The van der Waals surface area contributed by atoms with E-state index < -0.39 is 0 Å². The summed E-state index contributed by atoms with van der Waals surface area (Å²) in [5.74, 6) is 0.820. The number of anilines is 2. The van der Waals surface area contributed by atoms with Gasteiger partial charge >= 0.3 is 0 Å². The van der Waals surface area contributed by atoms with Crippen molar-refractivity contribution in [1.29, 1.82) is 0 Å². The van der Waals surface area contributed by atoms with E-state index in [-0.39, 0.29) is 11.8 Å². The van der Waals surface area contributed by atoms with Crippen LogP contribution < -0.4 is 10.2 Å². The Balaban J connectivity index is 1.36. The number of aromatic nitrogens is 4. The van der Waals surface area contributed by atoms with Gasteiger partial charge < -0.3 is 10.2 Å². The highest BCUT2D eigenvalue weighted by Crippen LogP contribution is 2.25. The third-order valence-electron chi connectivity index (χ3n) is 4.88. The topological polar surface area (TPSA) is 75.9 Å². The Morgan fingerprint density at radius 1 is 1.22 bits per heavy atom. The van der Waals surface area contributed by atoms with E-state index in [1.807, 2.05) is 53.0 Å². The predicted molar refractivity (Wildman–Crippen MR) is 104 cm³/mol. The van der Waals surface area contributed by atoms with Gasteiger partial charge in [0.05, 0.1) is 17.3 Å². The Morgan fingerprint density at radius 2 is 2.00 bits per heavy atom. The van der Waals surface area contributed by atoms with Gasteiger partial charge in [-0.25, -0.2) is 0 Å². The summed E-state index contributed by atoms with van der Waals surface area (Å²) in [6.07, 6.45) is 2.56. The fourth-order valence-corrected chi connectivity index (χ4v) is 3.23. The second kappa shape index (κ2) is 7.19. The first-order valence-electron chi connectivity index (χ1n) is 9.11. The quantitative estimate of drug-likeness (QED) is 0.755. The van der Waals surface area contributed by atoms with Crippen molar-refractivity contribution in [3.8, 4) is 11.3 Å². The Kier molecular flexibility index (Phi) is 4.58. The molecule has 1 fully saturated rings. The molecule has 0 radical (unpaired) electrons. The molecule has 138 valence electrons. The lowest BCUT2D eigenvalue weighted by Crippen LogP contribution is -2.52. The zero-order valence-electron chi connectivity index (χ0n) is 15.5. The molecular formula is C20H22N6O. The highest BCUT2D eigenvalue weighted by molar-refractivity contribution is 5.94. The summed E-state index contributed by atoms with van der Waals surface area (Å²) in [4.78, 5) is 14.5. The van der Waals surface area contributed by atoms with E-state index in [2.05, 4.69) is 33.6 Å². The molecule has 1 amide bonds. The number of carbonyl (C=O) groups excluding carboxylic acids is 1. The summed E-state index contributed by atoms with van der Waals surface area (Å²) in [6.45, 7) is 3.42. The Hall–Kier alpha value is -3.22. The van der Waals surface area contributed by atoms with E-state index in [1.54, 1.807) is 6.20 Å². The molecule has 1 N–H and O–H groups in total. The van der Waals surface area contributed by atoms with Crippen LogP contribution in [-0.2, 0) is 18.3 Å². The minimum absolute atomic E-state index is 0.0316. The second-order valence-corrected chi connectivity index (χ2v) is 6.75. The molecule has 2 aromatic heterocycles. The van der Waals surface area contributed by atoms with Crippen molar-refractivity contribution in [3.05, 3.63) is 54.4 Å². The van der Waals surface area contributed by atoms with Gasteiger partial charge in [0.1, 0.15) is 0 Å².